The minimum Gasteiger partial charge on any atom is -0.486 e. The molecule has 4 heteroatoms. The Morgan fingerprint density at radius 1 is 1.47 bits per heavy atom. The lowest BCUT2D eigenvalue weighted by molar-refractivity contribution is 0.0213. The van der Waals surface area contributed by atoms with Gasteiger partial charge in [0.1, 0.15) is 11.4 Å². The van der Waals surface area contributed by atoms with E-state index < -0.39 is 0 Å². The van der Waals surface area contributed by atoms with Crippen molar-refractivity contribution in [3.05, 3.63) is 28.2 Å². The number of rotatable bonds is 1. The Labute approximate surface area is 127 Å². The Bertz CT molecular complexity index is 481. The molecule has 0 bridgehead atoms. The van der Waals surface area contributed by atoms with Crippen molar-refractivity contribution in [2.45, 2.75) is 43.1 Å². The van der Waals surface area contributed by atoms with Crippen LogP contribution in [0, 0.1) is 0 Å². The summed E-state index contributed by atoms with van der Waals surface area (Å²) in [6.45, 7) is 2.32. The van der Waals surface area contributed by atoms with Gasteiger partial charge in [-0.1, -0.05) is 15.9 Å². The molecule has 0 saturated carbocycles. The Hall–Kier alpha value is -0.190. The summed E-state index contributed by atoms with van der Waals surface area (Å²) in [5.74, 6) is 2.33. The first-order chi connectivity index (χ1) is 9.14. The van der Waals surface area contributed by atoms with Crippen LogP contribution >= 0.6 is 27.7 Å². The Kier molecular flexibility index (Phi) is 3.84. The second-order valence-corrected chi connectivity index (χ2v) is 7.88. The zero-order valence-electron chi connectivity index (χ0n) is 11.4. The molecule has 1 saturated heterocycles. The molecule has 2 aliphatic rings. The van der Waals surface area contributed by atoms with E-state index in [0.717, 1.165) is 16.6 Å². The van der Waals surface area contributed by atoms with Gasteiger partial charge >= 0.3 is 0 Å². The van der Waals surface area contributed by atoms with Crippen LogP contribution in [0.4, 0.5) is 0 Å². The third-order valence-corrected chi connectivity index (χ3v) is 6.36. The van der Waals surface area contributed by atoms with Crippen molar-refractivity contribution in [1.82, 2.24) is 5.32 Å². The largest absolute Gasteiger partial charge is 0.486 e. The average molecular weight is 342 g/mol. The minimum absolute atomic E-state index is 0.0113. The molecule has 3 rings (SSSR count). The summed E-state index contributed by atoms with van der Waals surface area (Å²) in [4.78, 5) is 0. The molecule has 1 spiro atoms. The third kappa shape index (κ3) is 2.43. The van der Waals surface area contributed by atoms with Crippen LogP contribution in [0.15, 0.2) is 22.7 Å². The van der Waals surface area contributed by atoms with E-state index in [-0.39, 0.29) is 5.60 Å². The highest BCUT2D eigenvalue weighted by molar-refractivity contribution is 9.10. The Morgan fingerprint density at radius 2 is 2.32 bits per heavy atom. The van der Waals surface area contributed by atoms with Gasteiger partial charge in [0.25, 0.3) is 0 Å². The van der Waals surface area contributed by atoms with E-state index in [1.807, 2.05) is 0 Å². The molecule has 2 aliphatic heterocycles. The van der Waals surface area contributed by atoms with Gasteiger partial charge in [0.05, 0.1) is 0 Å². The number of ether oxygens (including phenoxy) is 1. The van der Waals surface area contributed by atoms with E-state index in [2.05, 4.69) is 65.2 Å². The van der Waals surface area contributed by atoms with Gasteiger partial charge in [-0.15, -0.1) is 0 Å². The Balaban J connectivity index is 1.99. The van der Waals surface area contributed by atoms with Crippen molar-refractivity contribution in [3.63, 3.8) is 0 Å². The molecule has 1 fully saturated rings. The van der Waals surface area contributed by atoms with Crippen molar-refractivity contribution in [3.8, 4) is 5.75 Å². The molecule has 1 aromatic rings. The maximum absolute atomic E-state index is 6.48. The van der Waals surface area contributed by atoms with E-state index in [1.165, 1.54) is 24.2 Å². The lowest BCUT2D eigenvalue weighted by atomic mass is 9.82. The number of hydrogen-bond donors (Lipinski definition) is 1. The molecular formula is C15H20BrNOS. The standard InChI is InChI=1S/C15H20BrNOS/c1-10-15(6-3-7-19-10)9-13(17-2)12-8-11(16)4-5-14(12)18-15/h4-5,8,10,13,17H,3,6-7,9H2,1-2H3. The summed E-state index contributed by atoms with van der Waals surface area (Å²) < 4.78 is 7.60. The minimum atomic E-state index is 0.0113. The van der Waals surface area contributed by atoms with Gasteiger partial charge in [0.2, 0.25) is 0 Å². The second kappa shape index (κ2) is 5.30. The van der Waals surface area contributed by atoms with Gasteiger partial charge < -0.3 is 10.1 Å². The fraction of sp³-hybridized carbons (Fsp3) is 0.600. The summed E-state index contributed by atoms with van der Waals surface area (Å²) in [6.07, 6.45) is 3.51. The van der Waals surface area contributed by atoms with E-state index in [1.54, 1.807) is 0 Å². The molecule has 2 heterocycles. The topological polar surface area (TPSA) is 21.3 Å². The number of halogens is 1. The molecule has 0 aliphatic carbocycles. The first-order valence-corrected chi connectivity index (χ1v) is 8.76. The van der Waals surface area contributed by atoms with Crippen molar-refractivity contribution >= 4 is 27.7 Å². The number of hydrogen-bond acceptors (Lipinski definition) is 3. The highest BCUT2D eigenvalue weighted by Gasteiger charge is 2.46. The molecule has 0 radical (unpaired) electrons. The lowest BCUT2D eigenvalue weighted by Crippen LogP contribution is -2.51. The molecule has 3 atom stereocenters. The molecule has 0 amide bonds. The number of fused-ring (bicyclic) bond motifs is 1. The van der Waals surface area contributed by atoms with Crippen LogP contribution in [0.3, 0.4) is 0 Å². The highest BCUT2D eigenvalue weighted by Crippen LogP contribution is 2.48. The molecule has 19 heavy (non-hydrogen) atoms. The lowest BCUT2D eigenvalue weighted by Gasteiger charge is -2.47. The maximum Gasteiger partial charge on any atom is 0.125 e. The summed E-state index contributed by atoms with van der Waals surface area (Å²) in [5.41, 5.74) is 1.29. The number of benzene rings is 1. The first kappa shape index (κ1) is 13.8. The summed E-state index contributed by atoms with van der Waals surface area (Å²) in [7, 11) is 2.05. The highest BCUT2D eigenvalue weighted by atomic mass is 79.9. The molecular weight excluding hydrogens is 322 g/mol. The second-order valence-electron chi connectivity index (χ2n) is 5.51. The normalized spacial score (nSPS) is 33.8. The summed E-state index contributed by atoms with van der Waals surface area (Å²) in [5, 5.41) is 4.03. The van der Waals surface area contributed by atoms with Gasteiger partial charge in [0.15, 0.2) is 0 Å². The zero-order chi connectivity index (χ0) is 13.5. The van der Waals surface area contributed by atoms with Crippen LogP contribution in [-0.2, 0) is 0 Å². The van der Waals surface area contributed by atoms with Gasteiger partial charge in [-0.25, -0.2) is 0 Å². The van der Waals surface area contributed by atoms with E-state index in [0.29, 0.717) is 11.3 Å². The zero-order valence-corrected chi connectivity index (χ0v) is 13.8. The van der Waals surface area contributed by atoms with Gasteiger partial charge in [-0.3, -0.25) is 0 Å². The van der Waals surface area contributed by atoms with Crippen LogP contribution in [-0.4, -0.2) is 23.7 Å². The van der Waals surface area contributed by atoms with E-state index >= 15 is 0 Å². The molecule has 2 nitrogen and oxygen atoms in total. The van der Waals surface area contributed by atoms with Crippen molar-refractivity contribution in [2.24, 2.45) is 0 Å². The van der Waals surface area contributed by atoms with E-state index in [4.69, 9.17) is 4.74 Å². The predicted molar refractivity (Wildman–Crippen MR) is 85.1 cm³/mol. The van der Waals surface area contributed by atoms with Gasteiger partial charge in [0, 0.05) is 27.7 Å². The fourth-order valence-electron chi connectivity index (χ4n) is 3.25. The SMILES string of the molecule is CNC1CC2(CCCSC2C)Oc2ccc(Br)cc21. The van der Waals surface area contributed by atoms with Gasteiger partial charge in [-0.05, 0) is 50.8 Å². The van der Waals surface area contributed by atoms with Crippen molar-refractivity contribution in [1.29, 1.82) is 0 Å². The molecule has 104 valence electrons. The smallest absolute Gasteiger partial charge is 0.125 e. The molecule has 1 aromatic carbocycles. The predicted octanol–water partition coefficient (Wildman–Crippen LogP) is 4.15. The monoisotopic (exact) mass is 341 g/mol. The van der Waals surface area contributed by atoms with Gasteiger partial charge in [-0.2, -0.15) is 11.8 Å². The van der Waals surface area contributed by atoms with Crippen LogP contribution in [0.2, 0.25) is 0 Å². The van der Waals surface area contributed by atoms with Crippen LogP contribution in [0.25, 0.3) is 0 Å². The van der Waals surface area contributed by atoms with Crippen LogP contribution in [0.5, 0.6) is 5.75 Å². The number of nitrogens with one attached hydrogen (secondary N) is 1. The first-order valence-electron chi connectivity index (χ1n) is 6.92. The third-order valence-electron chi connectivity index (χ3n) is 4.41. The average Bonchev–Trinajstić information content (AvgIpc) is 2.42. The Morgan fingerprint density at radius 3 is 3.05 bits per heavy atom. The summed E-state index contributed by atoms with van der Waals surface area (Å²) in [6, 6.07) is 6.76. The fourth-order valence-corrected chi connectivity index (χ4v) is 4.86. The van der Waals surface area contributed by atoms with Crippen molar-refractivity contribution in [2.75, 3.05) is 12.8 Å². The maximum atomic E-state index is 6.48. The van der Waals surface area contributed by atoms with Crippen LogP contribution in [0.1, 0.15) is 37.8 Å². The number of thioether (sulfide) groups is 1. The quantitative estimate of drug-likeness (QED) is 0.829. The van der Waals surface area contributed by atoms with Crippen molar-refractivity contribution < 1.29 is 4.74 Å². The molecule has 1 N–H and O–H groups in total. The van der Waals surface area contributed by atoms with Crippen LogP contribution < -0.4 is 10.1 Å². The summed E-state index contributed by atoms with van der Waals surface area (Å²) >= 11 is 5.61. The molecule has 3 unspecified atom stereocenters. The molecule has 0 aromatic heterocycles. The van der Waals surface area contributed by atoms with E-state index in [9.17, 15) is 0 Å².